The number of ether oxygens (including phenoxy) is 2. The third kappa shape index (κ3) is 3.74. The van der Waals surface area contributed by atoms with Crippen LogP contribution in [0.25, 0.3) is 0 Å². The van der Waals surface area contributed by atoms with E-state index in [2.05, 4.69) is 13.0 Å². The van der Waals surface area contributed by atoms with E-state index in [1.165, 1.54) is 5.56 Å². The molecule has 0 saturated carbocycles. The first-order chi connectivity index (χ1) is 7.67. The Labute approximate surface area is 97.6 Å². The van der Waals surface area contributed by atoms with Crippen molar-refractivity contribution >= 4 is 0 Å². The fourth-order valence-corrected chi connectivity index (χ4v) is 1.41. The van der Waals surface area contributed by atoms with Crippen molar-refractivity contribution < 1.29 is 9.47 Å². The van der Waals surface area contributed by atoms with Crippen LogP contribution in [0.1, 0.15) is 25.8 Å². The Morgan fingerprint density at radius 2 is 2.06 bits per heavy atom. The quantitative estimate of drug-likeness (QED) is 0.805. The second-order valence-corrected chi connectivity index (χ2v) is 3.95. The number of nitrogens with two attached hydrogens (primary N) is 1. The molecule has 0 bridgehead atoms. The highest BCUT2D eigenvalue weighted by Crippen LogP contribution is 2.28. The Morgan fingerprint density at radius 3 is 2.62 bits per heavy atom. The maximum Gasteiger partial charge on any atom is 0.161 e. The molecule has 90 valence electrons. The lowest BCUT2D eigenvalue weighted by atomic mass is 10.1. The Balaban J connectivity index is 2.64. The molecule has 0 heterocycles. The summed E-state index contributed by atoms with van der Waals surface area (Å²) in [6, 6.07) is 6.20. The van der Waals surface area contributed by atoms with Crippen molar-refractivity contribution in [1.82, 2.24) is 0 Å². The Hall–Kier alpha value is -1.22. The first-order valence-electron chi connectivity index (χ1n) is 5.72. The summed E-state index contributed by atoms with van der Waals surface area (Å²) in [4.78, 5) is 0. The number of hydrogen-bond acceptors (Lipinski definition) is 3. The molecule has 0 amide bonds. The van der Waals surface area contributed by atoms with Crippen LogP contribution in [-0.4, -0.2) is 19.8 Å². The highest BCUT2D eigenvalue weighted by atomic mass is 16.5. The van der Waals surface area contributed by atoms with Crippen LogP contribution >= 0.6 is 0 Å². The zero-order valence-electron chi connectivity index (χ0n) is 10.3. The molecule has 3 heteroatoms. The molecule has 0 aliphatic heterocycles. The van der Waals surface area contributed by atoms with Crippen LogP contribution in [0.5, 0.6) is 11.5 Å². The van der Waals surface area contributed by atoms with Gasteiger partial charge in [-0.2, -0.15) is 0 Å². The first kappa shape index (κ1) is 12.8. The highest BCUT2D eigenvalue weighted by molar-refractivity contribution is 5.42. The monoisotopic (exact) mass is 223 g/mol. The van der Waals surface area contributed by atoms with Crippen molar-refractivity contribution in [3.63, 3.8) is 0 Å². The smallest absolute Gasteiger partial charge is 0.161 e. The van der Waals surface area contributed by atoms with E-state index in [1.807, 2.05) is 19.1 Å². The van der Waals surface area contributed by atoms with Crippen molar-refractivity contribution in [2.75, 3.05) is 13.7 Å². The Morgan fingerprint density at radius 1 is 1.31 bits per heavy atom. The predicted octanol–water partition coefficient (Wildman–Crippen LogP) is 2.37. The molecule has 1 aromatic rings. The van der Waals surface area contributed by atoms with Gasteiger partial charge in [-0.05, 0) is 37.5 Å². The van der Waals surface area contributed by atoms with Crippen LogP contribution in [0.3, 0.4) is 0 Å². The van der Waals surface area contributed by atoms with E-state index in [9.17, 15) is 0 Å². The molecular formula is C13H21NO2. The van der Waals surface area contributed by atoms with Crippen molar-refractivity contribution in [1.29, 1.82) is 0 Å². The van der Waals surface area contributed by atoms with Gasteiger partial charge in [0, 0.05) is 6.04 Å². The molecular weight excluding hydrogens is 202 g/mol. The molecule has 1 atom stereocenters. The number of hydrogen-bond donors (Lipinski definition) is 1. The summed E-state index contributed by atoms with van der Waals surface area (Å²) < 4.78 is 10.9. The van der Waals surface area contributed by atoms with E-state index in [1.54, 1.807) is 7.11 Å². The molecule has 1 aromatic carbocycles. The van der Waals surface area contributed by atoms with Gasteiger partial charge in [0.15, 0.2) is 11.5 Å². The minimum absolute atomic E-state index is 0.168. The van der Waals surface area contributed by atoms with Crippen LogP contribution in [0, 0.1) is 0 Å². The second kappa shape index (κ2) is 6.38. The van der Waals surface area contributed by atoms with E-state index in [-0.39, 0.29) is 6.04 Å². The largest absolute Gasteiger partial charge is 0.493 e. The summed E-state index contributed by atoms with van der Waals surface area (Å²) in [6.45, 7) is 4.71. The van der Waals surface area contributed by atoms with Gasteiger partial charge >= 0.3 is 0 Å². The molecule has 2 N–H and O–H groups in total. The molecule has 0 saturated heterocycles. The third-order valence-corrected chi connectivity index (χ3v) is 2.47. The van der Waals surface area contributed by atoms with E-state index < -0.39 is 0 Å². The summed E-state index contributed by atoms with van der Waals surface area (Å²) in [5.41, 5.74) is 6.91. The molecule has 1 unspecified atom stereocenters. The number of methoxy groups -OCH3 is 1. The number of aryl methyl sites for hydroxylation is 1. The molecule has 0 radical (unpaired) electrons. The second-order valence-electron chi connectivity index (χ2n) is 3.95. The van der Waals surface area contributed by atoms with Crippen LogP contribution < -0.4 is 15.2 Å². The summed E-state index contributed by atoms with van der Waals surface area (Å²) in [7, 11) is 1.66. The van der Waals surface area contributed by atoms with Gasteiger partial charge in [0.2, 0.25) is 0 Å². The minimum Gasteiger partial charge on any atom is -0.493 e. The average Bonchev–Trinajstić information content (AvgIpc) is 2.29. The van der Waals surface area contributed by atoms with Gasteiger partial charge in [0.1, 0.15) is 0 Å². The van der Waals surface area contributed by atoms with Crippen molar-refractivity contribution in [2.45, 2.75) is 32.7 Å². The Bertz CT molecular complexity index is 324. The highest BCUT2D eigenvalue weighted by Gasteiger charge is 2.05. The lowest BCUT2D eigenvalue weighted by Gasteiger charge is -2.12. The van der Waals surface area contributed by atoms with Crippen molar-refractivity contribution in [3.8, 4) is 11.5 Å². The topological polar surface area (TPSA) is 44.5 Å². The van der Waals surface area contributed by atoms with Crippen LogP contribution in [0.15, 0.2) is 18.2 Å². The van der Waals surface area contributed by atoms with E-state index in [4.69, 9.17) is 15.2 Å². The van der Waals surface area contributed by atoms with Gasteiger partial charge < -0.3 is 15.2 Å². The summed E-state index contributed by atoms with van der Waals surface area (Å²) in [5.74, 6) is 1.59. The molecule has 0 fully saturated rings. The average molecular weight is 223 g/mol. The third-order valence-electron chi connectivity index (χ3n) is 2.47. The fraction of sp³-hybridized carbons (Fsp3) is 0.538. The van der Waals surface area contributed by atoms with E-state index in [0.29, 0.717) is 6.61 Å². The number of benzene rings is 1. The van der Waals surface area contributed by atoms with E-state index >= 15 is 0 Å². The van der Waals surface area contributed by atoms with Crippen molar-refractivity contribution in [2.24, 2.45) is 5.73 Å². The van der Waals surface area contributed by atoms with Crippen LogP contribution in [-0.2, 0) is 6.42 Å². The zero-order chi connectivity index (χ0) is 12.0. The van der Waals surface area contributed by atoms with Gasteiger partial charge in [-0.1, -0.05) is 13.0 Å². The molecule has 1 rings (SSSR count). The predicted molar refractivity (Wildman–Crippen MR) is 66.1 cm³/mol. The SMILES string of the molecule is CCc1ccc(OCCC(C)N)c(OC)c1. The van der Waals surface area contributed by atoms with Gasteiger partial charge in [0.25, 0.3) is 0 Å². The van der Waals surface area contributed by atoms with Gasteiger partial charge in [-0.3, -0.25) is 0 Å². The first-order valence-corrected chi connectivity index (χ1v) is 5.72. The minimum atomic E-state index is 0.168. The van der Waals surface area contributed by atoms with Gasteiger partial charge in [-0.15, -0.1) is 0 Å². The molecule has 3 nitrogen and oxygen atoms in total. The maximum absolute atomic E-state index is 5.66. The lowest BCUT2D eigenvalue weighted by molar-refractivity contribution is 0.282. The normalized spacial score (nSPS) is 12.2. The molecule has 16 heavy (non-hydrogen) atoms. The lowest BCUT2D eigenvalue weighted by Crippen LogP contribution is -2.18. The summed E-state index contributed by atoms with van der Waals surface area (Å²) >= 11 is 0. The number of rotatable bonds is 6. The van der Waals surface area contributed by atoms with Gasteiger partial charge in [-0.25, -0.2) is 0 Å². The standard InChI is InChI=1S/C13H21NO2/c1-4-11-5-6-12(13(9-11)15-3)16-8-7-10(2)14/h5-6,9-10H,4,7-8,14H2,1-3H3. The van der Waals surface area contributed by atoms with Crippen molar-refractivity contribution in [3.05, 3.63) is 23.8 Å². The maximum atomic E-state index is 5.66. The summed E-state index contributed by atoms with van der Waals surface area (Å²) in [5, 5.41) is 0. The fourth-order valence-electron chi connectivity index (χ4n) is 1.41. The van der Waals surface area contributed by atoms with Crippen LogP contribution in [0.2, 0.25) is 0 Å². The molecule has 0 aliphatic rings. The van der Waals surface area contributed by atoms with Crippen LogP contribution in [0.4, 0.5) is 0 Å². The zero-order valence-corrected chi connectivity index (χ0v) is 10.3. The van der Waals surface area contributed by atoms with Gasteiger partial charge in [0.05, 0.1) is 13.7 Å². The Kier molecular flexibility index (Phi) is 5.12. The summed E-state index contributed by atoms with van der Waals surface area (Å²) in [6.07, 6.45) is 1.84. The molecule has 0 spiro atoms. The molecule has 0 aromatic heterocycles. The van der Waals surface area contributed by atoms with E-state index in [0.717, 1.165) is 24.3 Å². The molecule has 0 aliphatic carbocycles.